The third-order valence-corrected chi connectivity index (χ3v) is 6.61. The number of anilines is 1. The molecule has 2 aliphatic heterocycles. The summed E-state index contributed by atoms with van der Waals surface area (Å²) in [6.07, 6.45) is 3.82. The van der Waals surface area contributed by atoms with Crippen molar-refractivity contribution in [2.24, 2.45) is 5.73 Å². The second-order valence-electron chi connectivity index (χ2n) is 8.32. The van der Waals surface area contributed by atoms with Crippen LogP contribution in [0.4, 0.5) is 10.5 Å². The molecule has 0 bridgehead atoms. The summed E-state index contributed by atoms with van der Waals surface area (Å²) in [6, 6.07) is 13.8. The third kappa shape index (κ3) is 5.35. The molecule has 3 N–H and O–H groups in total. The maximum absolute atomic E-state index is 12.9. The van der Waals surface area contributed by atoms with Crippen molar-refractivity contribution in [2.75, 3.05) is 25.0 Å². The molecule has 4 rings (SSSR count). The number of allylic oxidation sites excluding steroid dienone is 1. The molecular formula is C26H24Cl2N6O3. The number of hydrogen-bond donors (Lipinski definition) is 2. The second kappa shape index (κ2) is 10.9. The van der Waals surface area contributed by atoms with Gasteiger partial charge in [0.1, 0.15) is 6.61 Å². The van der Waals surface area contributed by atoms with Gasteiger partial charge in [0.05, 0.1) is 23.9 Å². The van der Waals surface area contributed by atoms with E-state index in [1.54, 1.807) is 43.4 Å². The zero-order valence-electron chi connectivity index (χ0n) is 20.2. The Morgan fingerprint density at radius 2 is 1.92 bits per heavy atom. The number of ether oxygens (including phenoxy) is 1. The van der Waals surface area contributed by atoms with Crippen molar-refractivity contribution < 1.29 is 14.3 Å². The molecule has 0 saturated heterocycles. The number of nitrogens with two attached hydrogens (primary N) is 1. The number of nitrogens with one attached hydrogen (secondary N) is 1. The lowest BCUT2D eigenvalue weighted by molar-refractivity contribution is -0.127. The molecule has 0 saturated carbocycles. The van der Waals surface area contributed by atoms with Crippen LogP contribution < -0.4 is 16.0 Å². The number of benzene rings is 2. The van der Waals surface area contributed by atoms with Crippen LogP contribution in [0, 0.1) is 11.3 Å². The SMILES string of the molecule is CC1=CN2CC=C(N(C)C(=O)CNC(N)=O)C(OCc3c(Cl)cccc3Cl)=C2N1c1cccc(C#N)c1. The zero-order valence-corrected chi connectivity index (χ0v) is 21.7. The molecule has 2 aliphatic rings. The fraction of sp³-hybridized carbons (Fsp3) is 0.192. The molecule has 0 fully saturated rings. The van der Waals surface area contributed by atoms with E-state index in [1.165, 1.54) is 4.90 Å². The van der Waals surface area contributed by atoms with Gasteiger partial charge in [0.2, 0.25) is 5.91 Å². The number of halogens is 2. The molecule has 2 aromatic rings. The summed E-state index contributed by atoms with van der Waals surface area (Å²) < 4.78 is 6.37. The maximum atomic E-state index is 12.9. The van der Waals surface area contributed by atoms with Gasteiger partial charge in [-0.05, 0) is 43.3 Å². The van der Waals surface area contributed by atoms with Gasteiger partial charge < -0.3 is 25.6 Å². The van der Waals surface area contributed by atoms with Crippen LogP contribution in [0.15, 0.2) is 77.7 Å². The lowest BCUT2D eigenvalue weighted by Crippen LogP contribution is -2.42. The summed E-state index contributed by atoms with van der Waals surface area (Å²) in [7, 11) is 1.59. The second-order valence-corrected chi connectivity index (χ2v) is 9.14. The highest BCUT2D eigenvalue weighted by molar-refractivity contribution is 6.35. The van der Waals surface area contributed by atoms with Gasteiger partial charge in [0.15, 0.2) is 11.6 Å². The Hall–Kier alpha value is -4.13. The number of urea groups is 1. The largest absolute Gasteiger partial charge is 0.483 e. The van der Waals surface area contributed by atoms with E-state index in [1.807, 2.05) is 35.1 Å². The maximum Gasteiger partial charge on any atom is 0.312 e. The molecule has 3 amide bonds. The first kappa shape index (κ1) is 25.9. The number of hydrogen-bond acceptors (Lipinski definition) is 6. The monoisotopic (exact) mass is 538 g/mol. The minimum atomic E-state index is -0.798. The van der Waals surface area contributed by atoms with Crippen LogP contribution in [0.1, 0.15) is 18.1 Å². The minimum Gasteiger partial charge on any atom is -0.483 e. The van der Waals surface area contributed by atoms with Crippen LogP contribution in [0.3, 0.4) is 0 Å². The van der Waals surface area contributed by atoms with Gasteiger partial charge in [-0.2, -0.15) is 5.26 Å². The summed E-state index contributed by atoms with van der Waals surface area (Å²) in [4.78, 5) is 29.4. The molecule has 37 heavy (non-hydrogen) atoms. The Morgan fingerprint density at radius 3 is 2.59 bits per heavy atom. The number of likely N-dealkylation sites (N-methyl/N-ethyl adjacent to an activating group) is 1. The number of nitriles is 1. The summed E-state index contributed by atoms with van der Waals surface area (Å²) in [5, 5.41) is 12.7. The van der Waals surface area contributed by atoms with E-state index in [9.17, 15) is 14.9 Å². The Morgan fingerprint density at radius 1 is 1.22 bits per heavy atom. The first-order valence-corrected chi connectivity index (χ1v) is 12.0. The first-order chi connectivity index (χ1) is 17.7. The lowest BCUT2D eigenvalue weighted by Gasteiger charge is -2.34. The number of carbonyl (C=O) groups is 2. The van der Waals surface area contributed by atoms with Crippen LogP contribution in [0.5, 0.6) is 0 Å². The first-order valence-electron chi connectivity index (χ1n) is 11.3. The number of primary amides is 1. The molecule has 190 valence electrons. The van der Waals surface area contributed by atoms with Crippen molar-refractivity contribution in [3.63, 3.8) is 0 Å². The van der Waals surface area contributed by atoms with Crippen molar-refractivity contribution in [3.8, 4) is 6.07 Å². The molecule has 11 heteroatoms. The van der Waals surface area contributed by atoms with Crippen molar-refractivity contribution in [2.45, 2.75) is 13.5 Å². The summed E-state index contributed by atoms with van der Waals surface area (Å²) >= 11 is 12.8. The number of carbonyl (C=O) groups excluding carboxylic acids is 2. The molecule has 0 spiro atoms. The van der Waals surface area contributed by atoms with Crippen LogP contribution in [0.25, 0.3) is 0 Å². The zero-order chi connectivity index (χ0) is 26.7. The van der Waals surface area contributed by atoms with Crippen LogP contribution in [-0.4, -0.2) is 41.9 Å². The van der Waals surface area contributed by atoms with Crippen molar-refractivity contribution in [3.05, 3.63) is 98.9 Å². The quantitative estimate of drug-likeness (QED) is 0.544. The molecule has 9 nitrogen and oxygen atoms in total. The van der Waals surface area contributed by atoms with Crippen LogP contribution in [-0.2, 0) is 16.1 Å². The fourth-order valence-corrected chi connectivity index (χ4v) is 4.61. The van der Waals surface area contributed by atoms with E-state index in [-0.39, 0.29) is 13.2 Å². The molecular weight excluding hydrogens is 515 g/mol. The number of rotatable bonds is 7. The normalized spacial score (nSPS) is 14.5. The van der Waals surface area contributed by atoms with Gasteiger partial charge in [-0.1, -0.05) is 35.3 Å². The van der Waals surface area contributed by atoms with E-state index < -0.39 is 11.9 Å². The summed E-state index contributed by atoms with van der Waals surface area (Å²) in [5.74, 6) is 0.667. The molecule has 0 aliphatic carbocycles. The Kier molecular flexibility index (Phi) is 7.62. The molecule has 0 atom stereocenters. The topological polar surface area (TPSA) is 115 Å². The predicted octanol–water partition coefficient (Wildman–Crippen LogP) is 4.26. The molecule has 0 radical (unpaired) electrons. The standard InChI is InChI=1S/C26H24Cl2N6O3/c1-16-14-33-10-9-22(32(2)23(35)13-31-26(30)36)24(37-15-19-20(27)7-4-8-21(19)28)25(33)34(16)18-6-3-5-17(11-18)12-29/h3-9,11,14H,10,13,15H2,1-2H3,(H3,30,31,36). The highest BCUT2D eigenvalue weighted by atomic mass is 35.5. The highest BCUT2D eigenvalue weighted by Crippen LogP contribution is 2.40. The van der Waals surface area contributed by atoms with Gasteiger partial charge in [-0.15, -0.1) is 0 Å². The number of nitrogens with zero attached hydrogens (tertiary/aromatic N) is 4. The Balaban J connectivity index is 1.79. The van der Waals surface area contributed by atoms with Crippen molar-refractivity contribution >= 4 is 40.8 Å². The predicted molar refractivity (Wildman–Crippen MR) is 141 cm³/mol. The van der Waals surface area contributed by atoms with Crippen LogP contribution in [0.2, 0.25) is 10.0 Å². The number of amides is 3. The molecule has 2 heterocycles. The molecule has 0 unspecified atom stereocenters. The summed E-state index contributed by atoms with van der Waals surface area (Å²) in [6.45, 7) is 2.15. The van der Waals surface area contributed by atoms with Gasteiger partial charge in [0.25, 0.3) is 0 Å². The van der Waals surface area contributed by atoms with E-state index in [2.05, 4.69) is 11.4 Å². The lowest BCUT2D eigenvalue weighted by atomic mass is 10.1. The van der Waals surface area contributed by atoms with Crippen molar-refractivity contribution in [1.82, 2.24) is 15.1 Å². The Labute approximate surface area is 224 Å². The fourth-order valence-electron chi connectivity index (χ4n) is 4.10. The van der Waals surface area contributed by atoms with E-state index in [0.29, 0.717) is 45.0 Å². The average Bonchev–Trinajstić information content (AvgIpc) is 3.22. The minimum absolute atomic E-state index is 0.0369. The van der Waals surface area contributed by atoms with E-state index in [0.717, 1.165) is 11.4 Å². The third-order valence-electron chi connectivity index (χ3n) is 5.90. The van der Waals surface area contributed by atoms with Gasteiger partial charge in [0, 0.05) is 46.8 Å². The number of fused-ring (bicyclic) bond motifs is 1. The summed E-state index contributed by atoms with van der Waals surface area (Å²) in [5.41, 5.74) is 8.39. The Bertz CT molecular complexity index is 1370. The van der Waals surface area contributed by atoms with Crippen LogP contribution >= 0.6 is 23.2 Å². The van der Waals surface area contributed by atoms with Gasteiger partial charge in [-0.3, -0.25) is 9.69 Å². The molecule has 0 aromatic heterocycles. The molecule has 2 aromatic carbocycles. The van der Waals surface area contributed by atoms with Gasteiger partial charge >= 0.3 is 6.03 Å². The highest BCUT2D eigenvalue weighted by Gasteiger charge is 2.36. The van der Waals surface area contributed by atoms with E-state index in [4.69, 9.17) is 33.7 Å². The average molecular weight is 539 g/mol. The van der Waals surface area contributed by atoms with Crippen molar-refractivity contribution in [1.29, 1.82) is 5.26 Å². The smallest absolute Gasteiger partial charge is 0.312 e. The van der Waals surface area contributed by atoms with E-state index >= 15 is 0 Å². The van der Waals surface area contributed by atoms with Gasteiger partial charge in [-0.25, -0.2) is 4.79 Å².